The Hall–Kier alpha value is -2.72. The first-order chi connectivity index (χ1) is 13.4. The largest absolute Gasteiger partial charge is 0.504 e. The Kier molecular flexibility index (Phi) is 6.10. The van der Waals surface area contributed by atoms with Crippen LogP contribution in [-0.4, -0.2) is 27.5 Å². The summed E-state index contributed by atoms with van der Waals surface area (Å²) < 4.78 is 6.24. The molecule has 4 nitrogen and oxygen atoms in total. The molecule has 3 rings (SSSR count). The summed E-state index contributed by atoms with van der Waals surface area (Å²) in [6.07, 6.45) is 9.38. The number of aliphatic hydroxyl groups excluding tert-OH is 1. The predicted molar refractivity (Wildman–Crippen MR) is 112 cm³/mol. The van der Waals surface area contributed by atoms with Crippen LogP contribution in [0.2, 0.25) is 0 Å². The SMILES string of the molecule is CC(=CCCC1(C)C=Cc2cc(CCc3cccc(O)c3O)ccc2O1)CO. The average Bonchev–Trinajstić information content (AvgIpc) is 2.69. The van der Waals surface area contributed by atoms with Crippen LogP contribution in [-0.2, 0) is 12.8 Å². The highest BCUT2D eigenvalue weighted by Crippen LogP contribution is 2.35. The highest BCUT2D eigenvalue weighted by Gasteiger charge is 2.26. The molecular formula is C24H28O4. The van der Waals surface area contributed by atoms with Gasteiger partial charge in [0, 0.05) is 5.56 Å². The van der Waals surface area contributed by atoms with Crippen LogP contribution >= 0.6 is 0 Å². The molecule has 1 atom stereocenters. The van der Waals surface area contributed by atoms with Gasteiger partial charge in [-0.1, -0.05) is 35.9 Å². The normalized spacial score (nSPS) is 18.6. The van der Waals surface area contributed by atoms with E-state index in [1.165, 1.54) is 6.07 Å². The Labute approximate surface area is 166 Å². The first-order valence-electron chi connectivity index (χ1n) is 9.68. The first kappa shape index (κ1) is 20.0. The van der Waals surface area contributed by atoms with Crippen molar-refractivity contribution in [1.29, 1.82) is 0 Å². The fourth-order valence-corrected chi connectivity index (χ4v) is 3.39. The van der Waals surface area contributed by atoms with Crippen LogP contribution in [0.4, 0.5) is 0 Å². The summed E-state index contributed by atoms with van der Waals surface area (Å²) in [4.78, 5) is 0. The number of para-hydroxylation sites is 1. The van der Waals surface area contributed by atoms with Crippen molar-refractivity contribution in [2.45, 2.75) is 45.1 Å². The number of ether oxygens (including phenoxy) is 1. The smallest absolute Gasteiger partial charge is 0.160 e. The number of rotatable bonds is 7. The molecule has 0 saturated carbocycles. The van der Waals surface area contributed by atoms with E-state index in [1.807, 2.05) is 25.1 Å². The fourth-order valence-electron chi connectivity index (χ4n) is 3.39. The lowest BCUT2D eigenvalue weighted by Gasteiger charge is -2.31. The van der Waals surface area contributed by atoms with Crippen LogP contribution in [0, 0.1) is 0 Å². The standard InChI is InChI=1S/C24H28O4/c1-17(16-25)5-4-13-24(2)14-12-20-15-18(9-11-22(20)28-24)8-10-19-6-3-7-21(26)23(19)27/h3,5-7,9,11-12,14-15,25-27H,4,8,10,13,16H2,1-2H3. The number of allylic oxidation sites excluding steroid dienone is 1. The van der Waals surface area contributed by atoms with Crippen molar-refractivity contribution in [3.8, 4) is 17.2 Å². The van der Waals surface area contributed by atoms with Crippen molar-refractivity contribution in [2.24, 2.45) is 0 Å². The first-order valence-corrected chi connectivity index (χ1v) is 9.68. The van der Waals surface area contributed by atoms with Gasteiger partial charge >= 0.3 is 0 Å². The van der Waals surface area contributed by atoms with Crippen LogP contribution in [0.1, 0.15) is 43.4 Å². The molecule has 2 aromatic rings. The minimum atomic E-state index is -0.353. The number of benzene rings is 2. The van der Waals surface area contributed by atoms with Gasteiger partial charge < -0.3 is 20.1 Å². The van der Waals surface area contributed by atoms with Gasteiger partial charge in [-0.15, -0.1) is 0 Å². The monoisotopic (exact) mass is 380 g/mol. The number of hydrogen-bond donors (Lipinski definition) is 3. The molecule has 4 heteroatoms. The van der Waals surface area contributed by atoms with Crippen LogP contribution in [0.5, 0.6) is 17.2 Å². The van der Waals surface area contributed by atoms with Gasteiger partial charge in [0.25, 0.3) is 0 Å². The molecule has 1 heterocycles. The predicted octanol–water partition coefficient (Wildman–Crippen LogP) is 4.77. The molecule has 0 aromatic heterocycles. The zero-order chi connectivity index (χ0) is 20.1. The van der Waals surface area contributed by atoms with E-state index < -0.39 is 0 Å². The molecule has 1 aliphatic rings. The molecule has 3 N–H and O–H groups in total. The van der Waals surface area contributed by atoms with Gasteiger partial charge in [-0.25, -0.2) is 0 Å². The van der Waals surface area contributed by atoms with Crippen LogP contribution in [0.25, 0.3) is 6.08 Å². The number of hydrogen-bond acceptors (Lipinski definition) is 4. The number of fused-ring (bicyclic) bond motifs is 1. The van der Waals surface area contributed by atoms with E-state index in [0.29, 0.717) is 6.42 Å². The molecular weight excluding hydrogens is 352 g/mol. The lowest BCUT2D eigenvalue weighted by atomic mass is 9.93. The molecule has 0 fully saturated rings. The molecule has 0 aliphatic carbocycles. The summed E-state index contributed by atoms with van der Waals surface area (Å²) in [5.41, 5.74) is 3.57. The van der Waals surface area contributed by atoms with Crippen molar-refractivity contribution in [3.63, 3.8) is 0 Å². The minimum absolute atomic E-state index is 0.0371. The van der Waals surface area contributed by atoms with Gasteiger partial charge in [0.15, 0.2) is 11.5 Å². The van der Waals surface area contributed by atoms with Gasteiger partial charge in [0.1, 0.15) is 11.4 Å². The molecule has 0 bridgehead atoms. The maximum Gasteiger partial charge on any atom is 0.160 e. The molecule has 0 spiro atoms. The van der Waals surface area contributed by atoms with Gasteiger partial charge in [-0.05, 0) is 74.9 Å². The van der Waals surface area contributed by atoms with Gasteiger partial charge in [0.05, 0.1) is 6.61 Å². The Morgan fingerprint density at radius 1 is 1.14 bits per heavy atom. The number of aliphatic hydroxyl groups is 1. The second kappa shape index (κ2) is 8.53. The van der Waals surface area contributed by atoms with Crippen molar-refractivity contribution in [2.75, 3.05) is 6.61 Å². The zero-order valence-corrected chi connectivity index (χ0v) is 16.5. The van der Waals surface area contributed by atoms with E-state index in [9.17, 15) is 10.2 Å². The van der Waals surface area contributed by atoms with Crippen LogP contribution in [0.3, 0.4) is 0 Å². The second-order valence-corrected chi connectivity index (χ2v) is 7.65. The second-order valence-electron chi connectivity index (χ2n) is 7.65. The highest BCUT2D eigenvalue weighted by molar-refractivity contribution is 5.62. The van der Waals surface area contributed by atoms with Gasteiger partial charge in [0.2, 0.25) is 0 Å². The highest BCUT2D eigenvalue weighted by atomic mass is 16.5. The molecule has 0 saturated heterocycles. The Morgan fingerprint density at radius 3 is 2.75 bits per heavy atom. The maximum atomic E-state index is 9.95. The van der Waals surface area contributed by atoms with E-state index in [4.69, 9.17) is 9.84 Å². The molecule has 148 valence electrons. The molecule has 28 heavy (non-hydrogen) atoms. The summed E-state index contributed by atoms with van der Waals surface area (Å²) >= 11 is 0. The van der Waals surface area contributed by atoms with E-state index in [0.717, 1.165) is 47.3 Å². The Bertz CT molecular complexity index is 897. The third-order valence-electron chi connectivity index (χ3n) is 5.20. The van der Waals surface area contributed by atoms with Crippen molar-refractivity contribution in [3.05, 3.63) is 70.8 Å². The molecule has 0 radical (unpaired) electrons. The summed E-state index contributed by atoms with van der Waals surface area (Å²) in [5, 5.41) is 28.7. The third-order valence-corrected chi connectivity index (χ3v) is 5.20. The van der Waals surface area contributed by atoms with Crippen molar-refractivity contribution in [1.82, 2.24) is 0 Å². The number of aryl methyl sites for hydroxylation is 2. The van der Waals surface area contributed by atoms with Gasteiger partial charge in [-0.2, -0.15) is 0 Å². The Morgan fingerprint density at radius 2 is 1.96 bits per heavy atom. The third kappa shape index (κ3) is 4.76. The minimum Gasteiger partial charge on any atom is -0.504 e. The quantitative estimate of drug-likeness (QED) is 0.478. The van der Waals surface area contributed by atoms with E-state index >= 15 is 0 Å². The number of phenols is 2. The number of aromatic hydroxyl groups is 2. The fraction of sp³-hybridized carbons (Fsp3) is 0.333. The van der Waals surface area contributed by atoms with Gasteiger partial charge in [-0.3, -0.25) is 0 Å². The van der Waals surface area contributed by atoms with Crippen molar-refractivity contribution >= 4 is 6.08 Å². The average molecular weight is 380 g/mol. The molecule has 2 aromatic carbocycles. The summed E-state index contributed by atoms with van der Waals surface area (Å²) in [6.45, 7) is 4.10. The van der Waals surface area contributed by atoms with Crippen LogP contribution in [0.15, 0.2) is 54.1 Å². The van der Waals surface area contributed by atoms with E-state index in [1.54, 1.807) is 6.07 Å². The summed E-state index contributed by atoms with van der Waals surface area (Å²) in [6, 6.07) is 11.2. The summed E-state index contributed by atoms with van der Waals surface area (Å²) in [5.74, 6) is 0.754. The van der Waals surface area contributed by atoms with Crippen molar-refractivity contribution < 1.29 is 20.1 Å². The molecule has 1 aliphatic heterocycles. The topological polar surface area (TPSA) is 69.9 Å². The zero-order valence-electron chi connectivity index (χ0n) is 16.5. The lowest BCUT2D eigenvalue weighted by Crippen LogP contribution is -2.31. The molecule has 1 unspecified atom stereocenters. The van der Waals surface area contributed by atoms with E-state index in [-0.39, 0.29) is 23.7 Å². The summed E-state index contributed by atoms with van der Waals surface area (Å²) in [7, 11) is 0. The van der Waals surface area contributed by atoms with Crippen LogP contribution < -0.4 is 4.74 Å². The lowest BCUT2D eigenvalue weighted by molar-refractivity contribution is 0.128. The molecule has 0 amide bonds. The number of phenolic OH excluding ortho intramolecular Hbond substituents is 2. The van der Waals surface area contributed by atoms with E-state index in [2.05, 4.69) is 31.2 Å². The maximum absolute atomic E-state index is 9.95. The Balaban J connectivity index is 1.65.